The largest absolute Gasteiger partial charge is 0.465 e. The highest BCUT2D eigenvalue weighted by atomic mass is 16.5. The van der Waals surface area contributed by atoms with Crippen molar-refractivity contribution in [2.45, 2.75) is 90.2 Å². The first-order valence-electron chi connectivity index (χ1n) is 22.0. The number of aromatic amines is 1. The van der Waals surface area contributed by atoms with E-state index in [1.807, 2.05) is 61.3 Å². The van der Waals surface area contributed by atoms with E-state index >= 15 is 0 Å². The van der Waals surface area contributed by atoms with Crippen LogP contribution < -0.4 is 15.4 Å². The standard InChI is InChI=1S/C49H56N8O5/c1-28(2)43(50-5)46(58)56-21-11-15-40(56)45-52-27-37(53-45)32-17-19-38-33(22-32)24-41-35-18-16-31(25-42(35)62-48(57(38)41)30-12-8-7-9-13-30)34-23-36(51-26-34)39-14-10-20-55(39)47(59)44(29(3)4)54-49(60)61-6/h7-9,12-13,16-19,22,24-29,39-40,43-44,48,50H,10-11,14-15,20-21,23H2,1-6H3,(H,52,53)(H,54,60)/t39-,40-,43-,44-,48-/m0/s1. The fourth-order valence-electron chi connectivity index (χ4n) is 9.87. The maximum atomic E-state index is 13.8. The summed E-state index contributed by atoms with van der Waals surface area (Å²) in [6.45, 7) is 9.34. The van der Waals surface area contributed by atoms with Gasteiger partial charge in [0.2, 0.25) is 18.0 Å². The number of fused-ring (bicyclic) bond motifs is 5. The minimum Gasteiger partial charge on any atom is -0.465 e. The summed E-state index contributed by atoms with van der Waals surface area (Å²) in [6.07, 6.45) is 6.94. The highest BCUT2D eigenvalue weighted by molar-refractivity contribution is 6.04. The smallest absolute Gasteiger partial charge is 0.407 e. The molecule has 6 heterocycles. The summed E-state index contributed by atoms with van der Waals surface area (Å²) in [5.74, 6) is 1.71. The lowest BCUT2D eigenvalue weighted by Crippen LogP contribution is -2.53. The third-order valence-corrected chi connectivity index (χ3v) is 13.1. The Morgan fingerprint density at radius 1 is 0.855 bits per heavy atom. The monoisotopic (exact) mass is 836 g/mol. The van der Waals surface area contributed by atoms with Crippen LogP contribution in [0.25, 0.3) is 39.0 Å². The van der Waals surface area contributed by atoms with Crippen molar-refractivity contribution in [2.24, 2.45) is 16.8 Å². The Labute approximate surface area is 362 Å². The van der Waals surface area contributed by atoms with E-state index in [-0.39, 0.29) is 41.8 Å². The minimum absolute atomic E-state index is 0.0828. The molecule has 0 bridgehead atoms. The van der Waals surface area contributed by atoms with E-state index in [0.717, 1.165) is 99.6 Å². The Morgan fingerprint density at radius 2 is 1.56 bits per heavy atom. The van der Waals surface area contributed by atoms with Gasteiger partial charge in [0.05, 0.1) is 48.3 Å². The Morgan fingerprint density at radius 3 is 2.29 bits per heavy atom. The van der Waals surface area contributed by atoms with Gasteiger partial charge in [0, 0.05) is 53.5 Å². The molecule has 62 heavy (non-hydrogen) atoms. The fraction of sp³-hybridized carbons (Fsp3) is 0.408. The first kappa shape index (κ1) is 41.2. The maximum absolute atomic E-state index is 13.8. The number of alkyl carbamates (subject to hydrolysis) is 1. The van der Waals surface area contributed by atoms with Gasteiger partial charge in [0.15, 0.2) is 0 Å². The van der Waals surface area contributed by atoms with E-state index in [9.17, 15) is 14.4 Å². The van der Waals surface area contributed by atoms with Gasteiger partial charge in [-0.25, -0.2) is 9.78 Å². The summed E-state index contributed by atoms with van der Waals surface area (Å²) in [6, 6.07) is 24.3. The zero-order valence-electron chi connectivity index (χ0n) is 36.4. The third kappa shape index (κ3) is 7.46. The van der Waals surface area contributed by atoms with E-state index in [1.54, 1.807) is 0 Å². The molecule has 0 aliphatic carbocycles. The van der Waals surface area contributed by atoms with Crippen molar-refractivity contribution in [1.29, 1.82) is 0 Å². The van der Waals surface area contributed by atoms with Gasteiger partial charge in [-0.15, -0.1) is 0 Å². The van der Waals surface area contributed by atoms with Crippen LogP contribution >= 0.6 is 0 Å². The number of hydrogen-bond acceptors (Lipinski definition) is 8. The molecule has 0 saturated carbocycles. The van der Waals surface area contributed by atoms with Gasteiger partial charge in [-0.05, 0) is 86.0 Å². The molecule has 5 aromatic rings. The number of aliphatic imine (C=N–C) groups is 1. The molecule has 9 rings (SSSR count). The molecule has 2 fully saturated rings. The van der Waals surface area contributed by atoms with E-state index in [2.05, 4.69) is 88.6 Å². The number of H-pyrrole nitrogens is 1. The summed E-state index contributed by atoms with van der Waals surface area (Å²) < 4.78 is 14.1. The van der Waals surface area contributed by atoms with Crippen molar-refractivity contribution in [1.82, 2.24) is 35.0 Å². The van der Waals surface area contributed by atoms with Crippen LogP contribution in [0.1, 0.15) is 89.0 Å². The van der Waals surface area contributed by atoms with Crippen LogP contribution in [-0.2, 0) is 14.3 Å². The molecule has 13 nitrogen and oxygen atoms in total. The molecular weight excluding hydrogens is 781 g/mol. The number of allylic oxidation sites excluding steroid dienone is 1. The van der Waals surface area contributed by atoms with E-state index in [1.165, 1.54) is 7.11 Å². The van der Waals surface area contributed by atoms with Crippen molar-refractivity contribution in [3.63, 3.8) is 0 Å². The van der Waals surface area contributed by atoms with Crippen LogP contribution in [0, 0.1) is 11.8 Å². The van der Waals surface area contributed by atoms with Crippen LogP contribution in [-0.4, -0.2) is 93.3 Å². The fourth-order valence-corrected chi connectivity index (χ4v) is 9.87. The minimum atomic E-state index is -0.680. The molecule has 0 radical (unpaired) electrons. The molecule has 4 aliphatic heterocycles. The molecule has 0 unspecified atom stereocenters. The number of nitrogens with zero attached hydrogens (tertiary/aromatic N) is 5. The molecular formula is C49H56N8O5. The SMILES string of the molecule is CN[C@H](C(=O)N1CCC[C@H]1c1ncc(-c2ccc3c(c2)cc2n3[C@H](c3ccccc3)Oc3cc(C4=CN=C([C@@H]5CCCN5C(=O)[C@@H](NC(=O)OC)C(C)C)C4)ccc3-2)[nH]1)C(C)C. The van der Waals surface area contributed by atoms with Crippen LogP contribution in [0.15, 0.2) is 90.2 Å². The van der Waals surface area contributed by atoms with Gasteiger partial charge in [0.25, 0.3) is 0 Å². The van der Waals surface area contributed by atoms with Crippen molar-refractivity contribution in [2.75, 3.05) is 27.2 Å². The van der Waals surface area contributed by atoms with Crippen LogP contribution in [0.4, 0.5) is 4.79 Å². The van der Waals surface area contributed by atoms with Gasteiger partial charge in [0.1, 0.15) is 17.6 Å². The average Bonchev–Trinajstić information content (AvgIpc) is 4.14. The number of benzene rings is 3. The maximum Gasteiger partial charge on any atom is 0.407 e. The van der Waals surface area contributed by atoms with Gasteiger partial charge in [-0.2, -0.15) is 0 Å². The number of methoxy groups -OCH3 is 1. The number of likely N-dealkylation sites (N-methyl/N-ethyl adjacent to an activating group) is 1. The summed E-state index contributed by atoms with van der Waals surface area (Å²) in [5.41, 5.74) is 9.13. The van der Waals surface area contributed by atoms with Gasteiger partial charge < -0.3 is 39.5 Å². The number of nitrogens with one attached hydrogen (secondary N) is 3. The van der Waals surface area contributed by atoms with Gasteiger partial charge in [-0.3, -0.25) is 14.6 Å². The number of rotatable bonds is 11. The number of amides is 3. The normalized spacial score (nSPS) is 20.5. The molecule has 3 amide bonds. The summed E-state index contributed by atoms with van der Waals surface area (Å²) in [4.78, 5) is 56.6. The van der Waals surface area contributed by atoms with Crippen molar-refractivity contribution >= 4 is 40.1 Å². The number of aromatic nitrogens is 3. The van der Waals surface area contributed by atoms with Crippen LogP contribution in [0.2, 0.25) is 0 Å². The summed E-state index contributed by atoms with van der Waals surface area (Å²) in [5, 5.41) is 7.04. The number of hydrogen-bond donors (Lipinski definition) is 3. The zero-order valence-corrected chi connectivity index (χ0v) is 36.4. The zero-order chi connectivity index (χ0) is 43.2. The van der Waals surface area contributed by atoms with Gasteiger partial charge >= 0.3 is 6.09 Å². The molecule has 2 aromatic heterocycles. The number of ether oxygens (including phenoxy) is 2. The first-order valence-corrected chi connectivity index (χ1v) is 22.0. The van der Waals surface area contributed by atoms with Crippen LogP contribution in [0.5, 0.6) is 5.75 Å². The molecule has 4 aliphatic rings. The number of likely N-dealkylation sites (tertiary alicyclic amines) is 2. The molecule has 322 valence electrons. The second-order valence-corrected chi connectivity index (χ2v) is 17.6. The van der Waals surface area contributed by atoms with Crippen molar-refractivity contribution in [3.05, 3.63) is 102 Å². The van der Waals surface area contributed by atoms with Crippen molar-refractivity contribution < 1.29 is 23.9 Å². The Bertz CT molecular complexity index is 2570. The van der Waals surface area contributed by atoms with Gasteiger partial charge in [-0.1, -0.05) is 70.2 Å². The summed E-state index contributed by atoms with van der Waals surface area (Å²) in [7, 11) is 3.16. The lowest BCUT2D eigenvalue weighted by molar-refractivity contribution is -0.135. The first-order chi connectivity index (χ1) is 30.0. The van der Waals surface area contributed by atoms with Crippen LogP contribution in [0.3, 0.4) is 0 Å². The van der Waals surface area contributed by atoms with E-state index in [0.29, 0.717) is 13.0 Å². The predicted octanol–water partition coefficient (Wildman–Crippen LogP) is 8.10. The highest BCUT2D eigenvalue weighted by Crippen LogP contribution is 2.46. The predicted molar refractivity (Wildman–Crippen MR) is 240 cm³/mol. The Balaban J connectivity index is 0.983. The topological polar surface area (TPSA) is 146 Å². The Kier molecular flexibility index (Phi) is 11.2. The lowest BCUT2D eigenvalue weighted by atomic mass is 9.95. The van der Waals surface area contributed by atoms with E-state index in [4.69, 9.17) is 19.5 Å². The molecule has 0 spiro atoms. The lowest BCUT2D eigenvalue weighted by Gasteiger charge is -2.31. The second-order valence-electron chi connectivity index (χ2n) is 17.6. The number of carbonyl (C=O) groups is 3. The van der Waals surface area contributed by atoms with Crippen molar-refractivity contribution in [3.8, 4) is 28.3 Å². The molecule has 2 saturated heterocycles. The summed E-state index contributed by atoms with van der Waals surface area (Å²) >= 11 is 0. The third-order valence-electron chi connectivity index (χ3n) is 13.1. The average molecular weight is 837 g/mol. The molecule has 13 heteroatoms. The second kappa shape index (κ2) is 16.9. The molecule has 3 aromatic carbocycles. The molecule has 3 N–H and O–H groups in total. The quantitative estimate of drug-likeness (QED) is 0.122. The number of imidazole rings is 1. The highest BCUT2D eigenvalue weighted by Gasteiger charge is 2.39. The molecule has 5 atom stereocenters. The number of carbonyl (C=O) groups excluding carboxylic acids is 3. The van der Waals surface area contributed by atoms with E-state index < -0.39 is 18.4 Å². The Hall–Kier alpha value is -6.21.